The second-order valence-corrected chi connectivity index (χ2v) is 6.98. The maximum Gasteiger partial charge on any atom is 0.278 e. The maximum absolute atomic E-state index is 13.1. The molecule has 1 amide bonds. The number of amides is 1. The largest absolute Gasteiger partial charge is 0.373 e. The molecule has 1 fully saturated rings. The summed E-state index contributed by atoms with van der Waals surface area (Å²) in [6, 6.07) is 17.5. The van der Waals surface area contributed by atoms with Crippen LogP contribution in [0.1, 0.15) is 19.4 Å². The molecule has 5 nitrogen and oxygen atoms in total. The van der Waals surface area contributed by atoms with Gasteiger partial charge in [0.1, 0.15) is 5.71 Å². The van der Waals surface area contributed by atoms with Crippen molar-refractivity contribution in [2.45, 2.75) is 26.1 Å². The molecule has 0 N–H and O–H groups in total. The lowest BCUT2D eigenvalue weighted by Gasteiger charge is -2.37. The Balaban J connectivity index is 1.65. The Morgan fingerprint density at radius 3 is 2.38 bits per heavy atom. The third kappa shape index (κ3) is 3.28. The topological polar surface area (TPSA) is 45.1 Å². The van der Waals surface area contributed by atoms with Gasteiger partial charge < -0.3 is 4.74 Å². The van der Waals surface area contributed by atoms with Crippen LogP contribution in [0.4, 0.5) is 11.4 Å². The van der Waals surface area contributed by atoms with Gasteiger partial charge in [0, 0.05) is 18.7 Å². The fourth-order valence-corrected chi connectivity index (χ4v) is 3.74. The van der Waals surface area contributed by atoms with Crippen molar-refractivity contribution >= 4 is 23.0 Å². The molecule has 5 heteroatoms. The number of fused-ring (bicyclic) bond motifs is 1. The lowest BCUT2D eigenvalue weighted by atomic mass is 10.1. The summed E-state index contributed by atoms with van der Waals surface area (Å²) in [5.74, 6) is -0.0400. The van der Waals surface area contributed by atoms with Crippen LogP contribution in [0.5, 0.6) is 0 Å². The van der Waals surface area contributed by atoms with E-state index in [-0.39, 0.29) is 18.1 Å². The van der Waals surface area contributed by atoms with E-state index < -0.39 is 0 Å². The van der Waals surface area contributed by atoms with Crippen LogP contribution >= 0.6 is 0 Å². The number of rotatable bonds is 3. The molecule has 2 aromatic carbocycles. The van der Waals surface area contributed by atoms with Gasteiger partial charge in [0.25, 0.3) is 5.91 Å². The van der Waals surface area contributed by atoms with Crippen molar-refractivity contribution in [3.8, 4) is 0 Å². The van der Waals surface area contributed by atoms with E-state index in [0.29, 0.717) is 12.4 Å². The molecule has 26 heavy (non-hydrogen) atoms. The van der Waals surface area contributed by atoms with Gasteiger partial charge in [0.15, 0.2) is 0 Å². The number of nitrogens with zero attached hydrogens (tertiary/aromatic N) is 3. The minimum absolute atomic E-state index is 0.0400. The Hall–Kier alpha value is -2.50. The number of morpholine rings is 1. The predicted octanol–water partition coefficient (Wildman–Crippen LogP) is 3.22. The molecular formula is C21H23N3O2. The summed E-state index contributed by atoms with van der Waals surface area (Å²) in [5.41, 5.74) is 3.14. The quantitative estimate of drug-likeness (QED) is 0.855. The summed E-state index contributed by atoms with van der Waals surface area (Å²) in [6.07, 6.45) is 0.341. The molecule has 0 saturated carbocycles. The van der Waals surface area contributed by atoms with Crippen LogP contribution in [-0.4, -0.2) is 48.5 Å². The summed E-state index contributed by atoms with van der Waals surface area (Å²) in [5, 5.41) is 0. The molecule has 4 rings (SSSR count). The second-order valence-electron chi connectivity index (χ2n) is 6.98. The van der Waals surface area contributed by atoms with Gasteiger partial charge in [-0.25, -0.2) is 4.99 Å². The molecular weight excluding hydrogens is 326 g/mol. The zero-order valence-corrected chi connectivity index (χ0v) is 15.1. The standard InChI is InChI=1S/C21H23N3O2/c1-15-12-23(13-16(2)26-15)14-24-19-11-7-6-10-18(19)20(21(24)25)22-17-8-4-3-5-9-17/h3-11,15-16H,12-14H2,1-2H3/t15-,16-/m1/s1. The lowest BCUT2D eigenvalue weighted by molar-refractivity contribution is -0.113. The SMILES string of the molecule is C[C@@H]1CN(CN2C(=O)C(=Nc3ccccc3)c3ccccc32)C[C@@H](C)O1. The van der Waals surface area contributed by atoms with Crippen LogP contribution in [0.3, 0.4) is 0 Å². The Kier molecular flexibility index (Phi) is 4.57. The van der Waals surface area contributed by atoms with E-state index in [0.717, 1.165) is 30.0 Å². The molecule has 0 unspecified atom stereocenters. The van der Waals surface area contributed by atoms with Crippen LogP contribution in [-0.2, 0) is 9.53 Å². The third-order valence-corrected chi connectivity index (χ3v) is 4.73. The monoisotopic (exact) mass is 349 g/mol. The third-order valence-electron chi connectivity index (χ3n) is 4.73. The molecule has 1 saturated heterocycles. The summed E-state index contributed by atoms with van der Waals surface area (Å²) >= 11 is 0. The zero-order valence-electron chi connectivity index (χ0n) is 15.1. The first-order valence-electron chi connectivity index (χ1n) is 9.04. The molecule has 0 radical (unpaired) electrons. The normalized spacial score (nSPS) is 24.9. The van der Waals surface area contributed by atoms with Gasteiger partial charge in [0.05, 0.1) is 30.3 Å². The molecule has 0 spiro atoms. The first kappa shape index (κ1) is 16.9. The molecule has 0 bridgehead atoms. The number of hydrogen-bond acceptors (Lipinski definition) is 4. The minimum Gasteiger partial charge on any atom is -0.373 e. The number of aliphatic imine (C=N–C) groups is 1. The van der Waals surface area contributed by atoms with Crippen molar-refractivity contribution in [1.82, 2.24) is 4.90 Å². The summed E-state index contributed by atoms with van der Waals surface area (Å²) < 4.78 is 5.81. The molecule has 2 heterocycles. The molecule has 2 atom stereocenters. The number of carbonyl (C=O) groups is 1. The van der Waals surface area contributed by atoms with E-state index in [1.54, 1.807) is 0 Å². The highest BCUT2D eigenvalue weighted by molar-refractivity contribution is 6.54. The first-order valence-corrected chi connectivity index (χ1v) is 9.04. The van der Waals surface area contributed by atoms with Crippen LogP contribution in [0, 0.1) is 0 Å². The molecule has 134 valence electrons. The van der Waals surface area contributed by atoms with E-state index in [1.165, 1.54) is 0 Å². The van der Waals surface area contributed by atoms with E-state index in [1.807, 2.05) is 59.5 Å². The van der Waals surface area contributed by atoms with E-state index in [2.05, 4.69) is 23.7 Å². The van der Waals surface area contributed by atoms with Crippen molar-refractivity contribution in [3.05, 3.63) is 60.2 Å². The van der Waals surface area contributed by atoms with Gasteiger partial charge in [-0.05, 0) is 32.0 Å². The van der Waals surface area contributed by atoms with E-state index in [4.69, 9.17) is 4.74 Å². The fraction of sp³-hybridized carbons (Fsp3) is 0.333. The zero-order chi connectivity index (χ0) is 18.1. The number of ether oxygens (including phenoxy) is 1. The average molecular weight is 349 g/mol. The fourth-order valence-electron chi connectivity index (χ4n) is 3.74. The first-order chi connectivity index (χ1) is 12.6. The van der Waals surface area contributed by atoms with E-state index in [9.17, 15) is 4.79 Å². The molecule has 0 aliphatic carbocycles. The lowest BCUT2D eigenvalue weighted by Crippen LogP contribution is -2.50. The molecule has 2 aliphatic rings. The minimum atomic E-state index is -0.0400. The van der Waals surface area contributed by atoms with Crippen LogP contribution in [0.15, 0.2) is 59.6 Å². The van der Waals surface area contributed by atoms with Crippen molar-refractivity contribution < 1.29 is 9.53 Å². The Morgan fingerprint density at radius 1 is 1.00 bits per heavy atom. The Labute approximate surface area is 153 Å². The smallest absolute Gasteiger partial charge is 0.278 e. The predicted molar refractivity (Wildman–Crippen MR) is 103 cm³/mol. The number of carbonyl (C=O) groups excluding carboxylic acids is 1. The summed E-state index contributed by atoms with van der Waals surface area (Å²) in [4.78, 5) is 21.9. The molecule has 2 aliphatic heterocycles. The average Bonchev–Trinajstić information content (AvgIpc) is 2.88. The highest BCUT2D eigenvalue weighted by atomic mass is 16.5. The van der Waals surface area contributed by atoms with Crippen LogP contribution in [0.2, 0.25) is 0 Å². The molecule has 0 aromatic heterocycles. The maximum atomic E-state index is 13.1. The summed E-state index contributed by atoms with van der Waals surface area (Å²) in [6.45, 7) is 6.35. The highest BCUT2D eigenvalue weighted by Gasteiger charge is 2.35. The Morgan fingerprint density at radius 2 is 1.65 bits per heavy atom. The van der Waals surface area contributed by atoms with Crippen molar-refractivity contribution in [2.75, 3.05) is 24.7 Å². The Bertz CT molecular complexity index is 824. The van der Waals surface area contributed by atoms with Gasteiger partial charge >= 0.3 is 0 Å². The van der Waals surface area contributed by atoms with Gasteiger partial charge in [-0.2, -0.15) is 0 Å². The number of hydrogen-bond donors (Lipinski definition) is 0. The number of para-hydroxylation sites is 2. The highest BCUT2D eigenvalue weighted by Crippen LogP contribution is 2.31. The van der Waals surface area contributed by atoms with Crippen LogP contribution < -0.4 is 4.90 Å². The molecule has 2 aromatic rings. The van der Waals surface area contributed by atoms with Crippen LogP contribution in [0.25, 0.3) is 0 Å². The van der Waals surface area contributed by atoms with E-state index >= 15 is 0 Å². The van der Waals surface area contributed by atoms with Crippen molar-refractivity contribution in [3.63, 3.8) is 0 Å². The van der Waals surface area contributed by atoms with Gasteiger partial charge in [0.2, 0.25) is 0 Å². The van der Waals surface area contributed by atoms with Gasteiger partial charge in [-0.3, -0.25) is 14.6 Å². The van der Waals surface area contributed by atoms with Crippen molar-refractivity contribution in [1.29, 1.82) is 0 Å². The second kappa shape index (κ2) is 7.02. The van der Waals surface area contributed by atoms with Crippen molar-refractivity contribution in [2.24, 2.45) is 4.99 Å². The van der Waals surface area contributed by atoms with Gasteiger partial charge in [-0.1, -0.05) is 36.4 Å². The summed E-state index contributed by atoms with van der Waals surface area (Å²) in [7, 11) is 0. The number of benzene rings is 2. The van der Waals surface area contributed by atoms with Gasteiger partial charge in [-0.15, -0.1) is 0 Å². The number of anilines is 1.